The minimum Gasteiger partial charge on any atom is -0.493 e. The van der Waals surface area contributed by atoms with Crippen molar-refractivity contribution < 1.29 is 13.9 Å². The number of rotatable bonds is 4. The normalized spacial score (nSPS) is 12.1. The number of ether oxygens (including phenoxy) is 2. The van der Waals surface area contributed by atoms with Crippen LogP contribution in [0.5, 0.6) is 11.5 Å². The van der Waals surface area contributed by atoms with Crippen LogP contribution in [0, 0.1) is 5.82 Å². The van der Waals surface area contributed by atoms with E-state index in [1.807, 2.05) is 0 Å². The van der Waals surface area contributed by atoms with Crippen LogP contribution in [-0.4, -0.2) is 14.2 Å². The van der Waals surface area contributed by atoms with Gasteiger partial charge in [0.05, 0.1) is 25.3 Å². The monoisotopic (exact) mass is 373 g/mol. The second-order valence-electron chi connectivity index (χ2n) is 4.35. The molecule has 1 unspecified atom stereocenters. The predicted molar refractivity (Wildman–Crippen MR) is 84.7 cm³/mol. The number of benzene rings is 2. The van der Waals surface area contributed by atoms with Crippen LogP contribution in [0.3, 0.4) is 0 Å². The summed E-state index contributed by atoms with van der Waals surface area (Å²) in [5, 5.41) is 0.0412. The van der Waals surface area contributed by atoms with E-state index >= 15 is 0 Å². The van der Waals surface area contributed by atoms with Crippen LogP contribution in [-0.2, 0) is 0 Å². The maximum absolute atomic E-state index is 14.1. The summed E-state index contributed by atoms with van der Waals surface area (Å²) in [6.07, 6.45) is 0. The minimum absolute atomic E-state index is 0.0412. The molecule has 6 heteroatoms. The maximum Gasteiger partial charge on any atom is 0.161 e. The highest BCUT2D eigenvalue weighted by Gasteiger charge is 2.20. The zero-order chi connectivity index (χ0) is 15.6. The Morgan fingerprint density at radius 3 is 2.38 bits per heavy atom. The zero-order valence-corrected chi connectivity index (χ0v) is 13.8. The second kappa shape index (κ2) is 6.64. The van der Waals surface area contributed by atoms with Gasteiger partial charge in [-0.15, -0.1) is 0 Å². The van der Waals surface area contributed by atoms with E-state index in [4.69, 9.17) is 26.8 Å². The molecule has 0 saturated carbocycles. The fourth-order valence-electron chi connectivity index (χ4n) is 2.04. The van der Waals surface area contributed by atoms with Crippen LogP contribution in [0.4, 0.5) is 4.39 Å². The van der Waals surface area contributed by atoms with Crippen molar-refractivity contribution in [1.82, 2.24) is 0 Å². The largest absolute Gasteiger partial charge is 0.493 e. The summed E-state index contributed by atoms with van der Waals surface area (Å²) < 4.78 is 25.3. The molecule has 2 aromatic rings. The van der Waals surface area contributed by atoms with Gasteiger partial charge in [-0.05, 0) is 23.8 Å². The van der Waals surface area contributed by atoms with Gasteiger partial charge in [-0.25, -0.2) is 4.39 Å². The molecule has 21 heavy (non-hydrogen) atoms. The van der Waals surface area contributed by atoms with Gasteiger partial charge in [0.25, 0.3) is 0 Å². The van der Waals surface area contributed by atoms with Gasteiger partial charge in [0.2, 0.25) is 0 Å². The molecule has 0 spiro atoms. The highest BCUT2D eigenvalue weighted by atomic mass is 79.9. The Balaban J connectivity index is 2.53. The van der Waals surface area contributed by atoms with E-state index in [0.717, 1.165) is 0 Å². The Kier molecular flexibility index (Phi) is 5.08. The molecule has 0 saturated heterocycles. The third-order valence-corrected chi connectivity index (χ3v) is 4.13. The first-order valence-corrected chi connectivity index (χ1v) is 7.27. The molecule has 3 nitrogen and oxygen atoms in total. The van der Waals surface area contributed by atoms with Crippen LogP contribution in [0.15, 0.2) is 34.8 Å². The lowest BCUT2D eigenvalue weighted by atomic mass is 9.98. The van der Waals surface area contributed by atoms with Gasteiger partial charge in [-0.1, -0.05) is 39.7 Å². The quantitative estimate of drug-likeness (QED) is 0.867. The third-order valence-electron chi connectivity index (χ3n) is 3.15. The number of hydrogen-bond acceptors (Lipinski definition) is 3. The first-order valence-electron chi connectivity index (χ1n) is 6.10. The lowest BCUT2D eigenvalue weighted by Gasteiger charge is -2.18. The number of halogens is 3. The van der Waals surface area contributed by atoms with Crippen LogP contribution >= 0.6 is 27.5 Å². The van der Waals surface area contributed by atoms with Crippen molar-refractivity contribution in [3.63, 3.8) is 0 Å². The Hall–Kier alpha value is -1.30. The number of hydrogen-bond donors (Lipinski definition) is 1. The molecule has 2 N–H and O–H groups in total. The molecule has 0 aromatic heterocycles. The van der Waals surface area contributed by atoms with Gasteiger partial charge in [-0.2, -0.15) is 0 Å². The number of methoxy groups -OCH3 is 2. The van der Waals surface area contributed by atoms with E-state index in [1.165, 1.54) is 13.2 Å². The summed E-state index contributed by atoms with van der Waals surface area (Å²) >= 11 is 9.23. The summed E-state index contributed by atoms with van der Waals surface area (Å²) in [6.45, 7) is 0. The van der Waals surface area contributed by atoms with Crippen molar-refractivity contribution in [2.45, 2.75) is 6.04 Å². The Morgan fingerprint density at radius 1 is 1.14 bits per heavy atom. The molecule has 2 rings (SSSR count). The molecule has 112 valence electrons. The van der Waals surface area contributed by atoms with E-state index < -0.39 is 11.9 Å². The lowest BCUT2D eigenvalue weighted by Crippen LogP contribution is -2.14. The van der Waals surface area contributed by atoms with Crippen molar-refractivity contribution in [3.8, 4) is 11.5 Å². The molecule has 0 heterocycles. The molecule has 0 radical (unpaired) electrons. The molecule has 0 fully saturated rings. The summed E-state index contributed by atoms with van der Waals surface area (Å²) in [6, 6.07) is 7.52. The van der Waals surface area contributed by atoms with Crippen LogP contribution in [0.2, 0.25) is 5.02 Å². The molecular formula is C15H14BrClFNO2. The van der Waals surface area contributed by atoms with Gasteiger partial charge in [0.15, 0.2) is 11.5 Å². The molecule has 0 amide bonds. The van der Waals surface area contributed by atoms with Crippen molar-refractivity contribution in [3.05, 3.63) is 56.8 Å². The topological polar surface area (TPSA) is 44.5 Å². The molecule has 2 aromatic carbocycles. The highest BCUT2D eigenvalue weighted by Crippen LogP contribution is 2.38. The number of nitrogens with two attached hydrogens (primary N) is 1. The molecule has 1 atom stereocenters. The second-order valence-corrected chi connectivity index (χ2v) is 5.61. The maximum atomic E-state index is 14.1. The predicted octanol–water partition coefficient (Wildman–Crippen LogP) is 4.31. The summed E-state index contributed by atoms with van der Waals surface area (Å²) in [5.41, 5.74) is 7.17. The fraction of sp³-hybridized carbons (Fsp3) is 0.200. The fourth-order valence-corrected chi connectivity index (χ4v) is 2.79. The average molecular weight is 375 g/mol. The van der Waals surface area contributed by atoms with Crippen molar-refractivity contribution >= 4 is 27.5 Å². The minimum atomic E-state index is -0.683. The third kappa shape index (κ3) is 3.15. The molecular weight excluding hydrogens is 361 g/mol. The lowest BCUT2D eigenvalue weighted by molar-refractivity contribution is 0.354. The van der Waals surface area contributed by atoms with Gasteiger partial charge in [0.1, 0.15) is 5.82 Å². The standard InChI is InChI=1S/C15H14BrClFNO2/c1-20-12-6-9(10(16)7-13(12)21-2)15(19)8-4-3-5-11(17)14(8)18/h3-7,15H,19H2,1-2H3. The van der Waals surface area contributed by atoms with Crippen molar-refractivity contribution in [2.75, 3.05) is 14.2 Å². The molecule has 0 aliphatic heterocycles. The SMILES string of the molecule is COc1cc(Br)c(C(N)c2cccc(Cl)c2F)cc1OC. The molecule has 0 aliphatic carbocycles. The molecule has 0 aliphatic rings. The van der Waals surface area contributed by atoms with E-state index in [-0.39, 0.29) is 5.02 Å². The Bertz CT molecular complexity index is 666. The Morgan fingerprint density at radius 2 is 1.76 bits per heavy atom. The highest BCUT2D eigenvalue weighted by molar-refractivity contribution is 9.10. The Labute approximate surface area is 135 Å². The van der Waals surface area contributed by atoms with Gasteiger partial charge >= 0.3 is 0 Å². The van der Waals surface area contributed by atoms with Gasteiger partial charge in [0, 0.05) is 10.0 Å². The van der Waals surface area contributed by atoms with Crippen LogP contribution < -0.4 is 15.2 Å². The van der Waals surface area contributed by atoms with E-state index in [0.29, 0.717) is 27.1 Å². The van der Waals surface area contributed by atoms with Gasteiger partial charge < -0.3 is 15.2 Å². The van der Waals surface area contributed by atoms with E-state index in [1.54, 1.807) is 31.4 Å². The molecule has 0 bridgehead atoms. The van der Waals surface area contributed by atoms with Crippen molar-refractivity contribution in [2.24, 2.45) is 5.73 Å². The van der Waals surface area contributed by atoms with E-state index in [2.05, 4.69) is 15.9 Å². The van der Waals surface area contributed by atoms with Gasteiger partial charge in [-0.3, -0.25) is 0 Å². The zero-order valence-electron chi connectivity index (χ0n) is 11.5. The van der Waals surface area contributed by atoms with Crippen molar-refractivity contribution in [1.29, 1.82) is 0 Å². The van der Waals surface area contributed by atoms with E-state index in [9.17, 15) is 4.39 Å². The summed E-state index contributed by atoms with van der Waals surface area (Å²) in [7, 11) is 3.07. The first-order chi connectivity index (χ1) is 9.99. The summed E-state index contributed by atoms with van der Waals surface area (Å²) in [4.78, 5) is 0. The first kappa shape index (κ1) is 16.1. The summed E-state index contributed by atoms with van der Waals surface area (Å²) in [5.74, 6) is 0.564. The smallest absolute Gasteiger partial charge is 0.161 e. The van der Waals surface area contributed by atoms with Crippen LogP contribution in [0.1, 0.15) is 17.2 Å². The van der Waals surface area contributed by atoms with Crippen LogP contribution in [0.25, 0.3) is 0 Å². The average Bonchev–Trinajstić information content (AvgIpc) is 2.49.